The molecule has 0 aromatic heterocycles. The van der Waals surface area contributed by atoms with Crippen LogP contribution in [-0.4, -0.2) is 18.0 Å². The van der Waals surface area contributed by atoms with Crippen LogP contribution in [0.4, 0.5) is 0 Å². The van der Waals surface area contributed by atoms with Gasteiger partial charge in [-0.05, 0) is 38.3 Å². The van der Waals surface area contributed by atoms with E-state index in [-0.39, 0.29) is 0 Å². The Morgan fingerprint density at radius 2 is 2.14 bits per heavy atom. The summed E-state index contributed by atoms with van der Waals surface area (Å²) in [5.41, 5.74) is 9.34. The van der Waals surface area contributed by atoms with Gasteiger partial charge >= 0.3 is 0 Å². The van der Waals surface area contributed by atoms with Crippen molar-refractivity contribution in [1.82, 2.24) is 4.90 Å². The molecule has 0 fully saturated rings. The van der Waals surface area contributed by atoms with Crippen LogP contribution in [0.1, 0.15) is 26.7 Å². The molecule has 1 aliphatic carbocycles. The van der Waals surface area contributed by atoms with Gasteiger partial charge in [0.15, 0.2) is 0 Å². The first-order chi connectivity index (χ1) is 6.56. The summed E-state index contributed by atoms with van der Waals surface area (Å²) in [7, 11) is 2.10. The maximum absolute atomic E-state index is 5.85. The van der Waals surface area contributed by atoms with Gasteiger partial charge in [0.05, 0.1) is 0 Å². The number of likely N-dealkylation sites (N-methyl/N-ethyl adjacent to an activating group) is 1. The molecule has 0 aliphatic heterocycles. The molecule has 0 aromatic carbocycles. The lowest BCUT2D eigenvalue weighted by atomic mass is 9.99. The molecule has 78 valence electrons. The minimum absolute atomic E-state index is 0.488. The second-order valence-corrected chi connectivity index (χ2v) is 4.04. The van der Waals surface area contributed by atoms with E-state index in [1.54, 1.807) is 0 Å². The van der Waals surface area contributed by atoms with E-state index < -0.39 is 0 Å². The van der Waals surface area contributed by atoms with Crippen molar-refractivity contribution in [2.24, 2.45) is 5.73 Å². The van der Waals surface area contributed by atoms with E-state index in [0.29, 0.717) is 6.04 Å². The van der Waals surface area contributed by atoms with Gasteiger partial charge in [-0.1, -0.05) is 12.7 Å². The highest BCUT2D eigenvalue weighted by Gasteiger charge is 2.14. The van der Waals surface area contributed by atoms with E-state index in [1.165, 1.54) is 11.3 Å². The Labute approximate surface area is 86.8 Å². The Balaban J connectivity index is 3.01. The molecule has 2 N–H and O–H groups in total. The van der Waals surface area contributed by atoms with E-state index in [1.807, 2.05) is 6.08 Å². The van der Waals surface area contributed by atoms with Gasteiger partial charge in [0, 0.05) is 24.5 Å². The average molecular weight is 192 g/mol. The molecule has 14 heavy (non-hydrogen) atoms. The third kappa shape index (κ3) is 2.19. The van der Waals surface area contributed by atoms with Gasteiger partial charge in [-0.15, -0.1) is 0 Å². The van der Waals surface area contributed by atoms with Crippen molar-refractivity contribution in [2.45, 2.75) is 32.7 Å². The summed E-state index contributed by atoms with van der Waals surface area (Å²) in [6.45, 7) is 8.19. The fourth-order valence-corrected chi connectivity index (χ4v) is 1.56. The fourth-order valence-electron chi connectivity index (χ4n) is 1.56. The number of nitrogens with two attached hydrogens (primary N) is 1. The summed E-state index contributed by atoms with van der Waals surface area (Å²) in [4.78, 5) is 2.24. The summed E-state index contributed by atoms with van der Waals surface area (Å²) >= 11 is 0. The minimum Gasteiger partial charge on any atom is -0.402 e. The van der Waals surface area contributed by atoms with Crippen molar-refractivity contribution in [1.29, 1.82) is 0 Å². The Hall–Kier alpha value is -1.18. The number of nitrogens with zero attached hydrogens (tertiary/aromatic N) is 1. The zero-order chi connectivity index (χ0) is 10.7. The molecule has 0 bridgehead atoms. The summed E-state index contributed by atoms with van der Waals surface area (Å²) < 4.78 is 0. The van der Waals surface area contributed by atoms with Gasteiger partial charge in [-0.2, -0.15) is 0 Å². The van der Waals surface area contributed by atoms with Crippen molar-refractivity contribution in [3.8, 4) is 0 Å². The van der Waals surface area contributed by atoms with Crippen LogP contribution in [0.2, 0.25) is 0 Å². The molecule has 2 heteroatoms. The van der Waals surface area contributed by atoms with Crippen molar-refractivity contribution < 1.29 is 0 Å². The smallest absolute Gasteiger partial charge is 0.0415 e. The number of allylic oxidation sites excluding steroid dienone is 4. The predicted molar refractivity (Wildman–Crippen MR) is 61.6 cm³/mol. The molecule has 0 radical (unpaired) electrons. The van der Waals surface area contributed by atoms with E-state index in [4.69, 9.17) is 5.73 Å². The fraction of sp³-hybridized carbons (Fsp3) is 0.500. The molecule has 0 unspecified atom stereocenters. The zero-order valence-corrected chi connectivity index (χ0v) is 9.38. The minimum atomic E-state index is 0.488. The Kier molecular flexibility index (Phi) is 3.39. The molecule has 0 saturated heterocycles. The lowest BCUT2D eigenvalue weighted by Gasteiger charge is -2.29. The second kappa shape index (κ2) is 4.36. The molecule has 1 aliphatic rings. The second-order valence-electron chi connectivity index (χ2n) is 4.04. The third-order valence-electron chi connectivity index (χ3n) is 2.74. The number of hydrogen-bond donors (Lipinski definition) is 1. The molecular formula is C12H20N2. The van der Waals surface area contributed by atoms with E-state index in [0.717, 1.165) is 18.5 Å². The summed E-state index contributed by atoms with van der Waals surface area (Å²) in [5, 5.41) is 0. The highest BCUT2D eigenvalue weighted by atomic mass is 15.1. The number of hydrogen-bond acceptors (Lipinski definition) is 2. The van der Waals surface area contributed by atoms with Crippen LogP contribution in [0.15, 0.2) is 35.7 Å². The zero-order valence-electron chi connectivity index (χ0n) is 9.38. The first kappa shape index (κ1) is 10.9. The summed E-state index contributed by atoms with van der Waals surface area (Å²) in [6.07, 6.45) is 5.98. The standard InChI is InChI=1S/C12H20N2/c1-5-10-6-7-11(13)8-12(10)14(4)9(2)3/h5,8-9H,1,6-7,13H2,2-4H3. The van der Waals surface area contributed by atoms with Gasteiger partial charge in [0.1, 0.15) is 0 Å². The third-order valence-corrected chi connectivity index (χ3v) is 2.74. The maximum Gasteiger partial charge on any atom is 0.0415 e. The first-order valence-electron chi connectivity index (χ1n) is 5.10. The molecular weight excluding hydrogens is 172 g/mol. The van der Waals surface area contributed by atoms with Gasteiger partial charge in [-0.3, -0.25) is 0 Å². The van der Waals surface area contributed by atoms with Gasteiger partial charge in [-0.25, -0.2) is 0 Å². The van der Waals surface area contributed by atoms with Gasteiger partial charge in [0.2, 0.25) is 0 Å². The average Bonchev–Trinajstić information content (AvgIpc) is 2.16. The van der Waals surface area contributed by atoms with Crippen LogP contribution in [0, 0.1) is 0 Å². The quantitative estimate of drug-likeness (QED) is 0.744. The van der Waals surface area contributed by atoms with Crippen LogP contribution in [0.3, 0.4) is 0 Å². The van der Waals surface area contributed by atoms with Crippen LogP contribution in [0.25, 0.3) is 0 Å². The molecule has 2 nitrogen and oxygen atoms in total. The van der Waals surface area contributed by atoms with E-state index in [2.05, 4.69) is 38.5 Å². The van der Waals surface area contributed by atoms with E-state index in [9.17, 15) is 0 Å². The SMILES string of the molecule is C=CC1=C(N(C)C(C)C)C=C(N)CC1. The largest absolute Gasteiger partial charge is 0.402 e. The molecule has 1 rings (SSSR count). The highest BCUT2D eigenvalue weighted by Crippen LogP contribution is 2.25. The van der Waals surface area contributed by atoms with E-state index >= 15 is 0 Å². The van der Waals surface area contributed by atoms with Gasteiger partial charge < -0.3 is 10.6 Å². The molecule has 0 atom stereocenters. The molecule has 0 amide bonds. The lowest BCUT2D eigenvalue weighted by molar-refractivity contribution is 0.349. The first-order valence-corrected chi connectivity index (χ1v) is 5.10. The highest BCUT2D eigenvalue weighted by molar-refractivity contribution is 5.37. The van der Waals surface area contributed by atoms with Gasteiger partial charge in [0.25, 0.3) is 0 Å². The van der Waals surface area contributed by atoms with Crippen molar-refractivity contribution in [3.05, 3.63) is 35.7 Å². The predicted octanol–water partition coefficient (Wildman–Crippen LogP) is 2.40. The van der Waals surface area contributed by atoms with Crippen LogP contribution < -0.4 is 5.73 Å². The molecule has 0 heterocycles. The maximum atomic E-state index is 5.85. The monoisotopic (exact) mass is 192 g/mol. The topological polar surface area (TPSA) is 29.3 Å². The molecule has 0 aromatic rings. The summed E-state index contributed by atoms with van der Waals surface area (Å²) in [6, 6.07) is 0.488. The van der Waals surface area contributed by atoms with Crippen molar-refractivity contribution in [2.75, 3.05) is 7.05 Å². The van der Waals surface area contributed by atoms with Crippen LogP contribution in [-0.2, 0) is 0 Å². The van der Waals surface area contributed by atoms with Crippen LogP contribution in [0.5, 0.6) is 0 Å². The Morgan fingerprint density at radius 1 is 1.50 bits per heavy atom. The van der Waals surface area contributed by atoms with Crippen molar-refractivity contribution in [3.63, 3.8) is 0 Å². The van der Waals surface area contributed by atoms with Crippen LogP contribution >= 0.6 is 0 Å². The Morgan fingerprint density at radius 3 is 2.64 bits per heavy atom. The molecule has 0 saturated carbocycles. The normalized spacial score (nSPS) is 17.0. The molecule has 0 spiro atoms. The summed E-state index contributed by atoms with van der Waals surface area (Å²) in [5.74, 6) is 0. The Bertz CT molecular complexity index is 285. The number of rotatable bonds is 3. The lowest BCUT2D eigenvalue weighted by Crippen LogP contribution is -2.27. The van der Waals surface area contributed by atoms with Crippen molar-refractivity contribution >= 4 is 0 Å².